The Kier molecular flexibility index (Phi) is 4.97. The van der Waals surface area contributed by atoms with Gasteiger partial charge in [0.1, 0.15) is 5.75 Å². The molecule has 0 radical (unpaired) electrons. The monoisotopic (exact) mass is 357 g/mol. The number of ether oxygens (including phenoxy) is 1. The Morgan fingerprint density at radius 3 is 2.54 bits per heavy atom. The number of amides is 1. The van der Waals surface area contributed by atoms with E-state index in [4.69, 9.17) is 9.84 Å². The first-order valence-electron chi connectivity index (χ1n) is 8.65. The second-order valence-electron chi connectivity index (χ2n) is 6.71. The lowest BCUT2D eigenvalue weighted by atomic mass is 10.1. The van der Waals surface area contributed by atoms with Gasteiger partial charge in [-0.15, -0.1) is 0 Å². The van der Waals surface area contributed by atoms with Crippen LogP contribution in [0.5, 0.6) is 5.75 Å². The van der Waals surface area contributed by atoms with Crippen LogP contribution in [-0.4, -0.2) is 51.4 Å². The van der Waals surface area contributed by atoms with Crippen LogP contribution >= 0.6 is 0 Å². The molecule has 2 aromatic rings. The molecule has 1 aromatic carbocycles. The number of benzene rings is 1. The third-order valence-corrected chi connectivity index (χ3v) is 4.56. The van der Waals surface area contributed by atoms with E-state index < -0.39 is 11.9 Å². The van der Waals surface area contributed by atoms with Crippen molar-refractivity contribution < 1.29 is 19.4 Å². The maximum atomic E-state index is 12.9. The van der Waals surface area contributed by atoms with Crippen molar-refractivity contribution in [3.05, 3.63) is 41.7 Å². The van der Waals surface area contributed by atoms with E-state index >= 15 is 0 Å². The average Bonchev–Trinajstić information content (AvgIpc) is 3.40. The van der Waals surface area contributed by atoms with Crippen molar-refractivity contribution in [3.63, 3.8) is 0 Å². The molecular weight excluding hydrogens is 334 g/mol. The van der Waals surface area contributed by atoms with E-state index in [1.807, 2.05) is 31.2 Å². The van der Waals surface area contributed by atoms with E-state index in [2.05, 4.69) is 5.10 Å². The summed E-state index contributed by atoms with van der Waals surface area (Å²) in [4.78, 5) is 25.7. The first-order valence-corrected chi connectivity index (χ1v) is 8.65. The Hall–Kier alpha value is -2.83. The topological polar surface area (TPSA) is 84.7 Å². The Balaban J connectivity index is 1.84. The molecule has 1 amide bonds. The summed E-state index contributed by atoms with van der Waals surface area (Å²) in [5.41, 5.74) is 2.00. The van der Waals surface area contributed by atoms with E-state index in [9.17, 15) is 9.59 Å². The summed E-state index contributed by atoms with van der Waals surface area (Å²) in [6.45, 7) is 3.70. The molecule has 0 saturated heterocycles. The van der Waals surface area contributed by atoms with Crippen LogP contribution in [0.4, 0.5) is 0 Å². The molecule has 1 fully saturated rings. The molecule has 1 heterocycles. The zero-order chi connectivity index (χ0) is 18.8. The van der Waals surface area contributed by atoms with Crippen molar-refractivity contribution >= 4 is 11.9 Å². The quantitative estimate of drug-likeness (QED) is 0.823. The number of nitrogens with zero attached hydrogens (tertiary/aromatic N) is 3. The van der Waals surface area contributed by atoms with Crippen molar-refractivity contribution in [2.75, 3.05) is 13.7 Å². The third kappa shape index (κ3) is 3.71. The maximum Gasteiger partial charge on any atom is 0.308 e. The highest BCUT2D eigenvalue weighted by Gasteiger charge is 2.36. The molecule has 26 heavy (non-hydrogen) atoms. The minimum Gasteiger partial charge on any atom is -0.497 e. The molecule has 1 N–H and O–H groups in total. The van der Waals surface area contributed by atoms with E-state index in [0.717, 1.165) is 30.0 Å². The minimum atomic E-state index is -0.900. The first-order chi connectivity index (χ1) is 12.4. The predicted octanol–water partition coefficient (Wildman–Crippen LogP) is 2.51. The van der Waals surface area contributed by atoms with Gasteiger partial charge in [-0.3, -0.25) is 9.59 Å². The highest BCUT2D eigenvalue weighted by Crippen LogP contribution is 2.29. The third-order valence-electron chi connectivity index (χ3n) is 4.56. The SMILES string of the molecule is COc1ccc(-n2nc(C(=O)N(CC(C)C(=O)O)C3CC3)cc2C)cc1. The van der Waals surface area contributed by atoms with Gasteiger partial charge < -0.3 is 14.7 Å². The number of carbonyl (C=O) groups excluding carboxylic acids is 1. The van der Waals surface area contributed by atoms with Gasteiger partial charge in [0.05, 0.1) is 18.7 Å². The molecule has 1 aliphatic rings. The second-order valence-corrected chi connectivity index (χ2v) is 6.71. The van der Waals surface area contributed by atoms with Crippen molar-refractivity contribution in [2.45, 2.75) is 32.7 Å². The fraction of sp³-hybridized carbons (Fsp3) is 0.421. The Labute approximate surface area is 152 Å². The zero-order valence-corrected chi connectivity index (χ0v) is 15.2. The summed E-state index contributed by atoms with van der Waals surface area (Å²) in [6, 6.07) is 9.28. The number of hydrogen-bond donors (Lipinski definition) is 1. The molecular formula is C19H23N3O4. The Morgan fingerprint density at radius 2 is 2.00 bits per heavy atom. The highest BCUT2D eigenvalue weighted by atomic mass is 16.5. The van der Waals surface area contributed by atoms with Gasteiger partial charge in [-0.05, 0) is 50.1 Å². The van der Waals surface area contributed by atoms with E-state index in [0.29, 0.717) is 5.69 Å². The van der Waals surface area contributed by atoms with Gasteiger partial charge in [0.25, 0.3) is 5.91 Å². The maximum absolute atomic E-state index is 12.9. The highest BCUT2D eigenvalue weighted by molar-refractivity contribution is 5.93. The van der Waals surface area contributed by atoms with Crippen LogP contribution in [0, 0.1) is 12.8 Å². The lowest BCUT2D eigenvalue weighted by molar-refractivity contribution is -0.141. The lowest BCUT2D eigenvalue weighted by Crippen LogP contribution is -2.38. The fourth-order valence-corrected chi connectivity index (χ4v) is 2.87. The number of carbonyl (C=O) groups is 2. The molecule has 0 spiro atoms. The van der Waals surface area contributed by atoms with Crippen molar-refractivity contribution in [1.82, 2.24) is 14.7 Å². The molecule has 1 aliphatic carbocycles. The van der Waals surface area contributed by atoms with Crippen LogP contribution in [0.3, 0.4) is 0 Å². The van der Waals surface area contributed by atoms with E-state index in [1.165, 1.54) is 0 Å². The second kappa shape index (κ2) is 7.19. The fourth-order valence-electron chi connectivity index (χ4n) is 2.87. The number of carboxylic acid groups (broad SMARTS) is 1. The molecule has 1 atom stereocenters. The number of methoxy groups -OCH3 is 1. The van der Waals surface area contributed by atoms with Crippen molar-refractivity contribution in [2.24, 2.45) is 5.92 Å². The van der Waals surface area contributed by atoms with E-state index in [1.54, 1.807) is 29.7 Å². The van der Waals surface area contributed by atoms with Crippen LogP contribution in [-0.2, 0) is 4.79 Å². The molecule has 138 valence electrons. The average molecular weight is 357 g/mol. The normalized spacial score (nSPS) is 14.7. The van der Waals surface area contributed by atoms with Crippen LogP contribution < -0.4 is 4.74 Å². The standard InChI is InChI=1S/C19H23N3O4/c1-12(19(24)25)11-21(14-4-5-14)18(23)17-10-13(2)22(20-17)15-6-8-16(26-3)9-7-15/h6-10,12,14H,4-5,11H2,1-3H3,(H,24,25). The van der Waals surface area contributed by atoms with Gasteiger partial charge >= 0.3 is 5.97 Å². The zero-order valence-electron chi connectivity index (χ0n) is 15.2. The van der Waals surface area contributed by atoms with Crippen molar-refractivity contribution in [3.8, 4) is 11.4 Å². The van der Waals surface area contributed by atoms with Gasteiger partial charge in [-0.2, -0.15) is 5.10 Å². The molecule has 1 aromatic heterocycles. The summed E-state index contributed by atoms with van der Waals surface area (Å²) < 4.78 is 6.87. The van der Waals surface area contributed by atoms with Gasteiger partial charge in [0, 0.05) is 18.3 Å². The largest absolute Gasteiger partial charge is 0.497 e. The Bertz CT molecular complexity index is 809. The van der Waals surface area contributed by atoms with Crippen LogP contribution in [0.1, 0.15) is 35.9 Å². The van der Waals surface area contributed by atoms with Crippen LogP contribution in [0.25, 0.3) is 5.69 Å². The molecule has 0 aliphatic heterocycles. The van der Waals surface area contributed by atoms with E-state index in [-0.39, 0.29) is 18.5 Å². The number of aliphatic carboxylic acids is 1. The molecule has 0 bridgehead atoms. The summed E-state index contributed by atoms with van der Waals surface area (Å²) in [7, 11) is 1.61. The van der Waals surface area contributed by atoms with Gasteiger partial charge in [0.15, 0.2) is 5.69 Å². The molecule has 7 nitrogen and oxygen atoms in total. The number of aromatic nitrogens is 2. The number of aryl methyl sites for hydroxylation is 1. The van der Waals surface area contributed by atoms with Crippen molar-refractivity contribution in [1.29, 1.82) is 0 Å². The van der Waals surface area contributed by atoms with Crippen LogP contribution in [0.15, 0.2) is 30.3 Å². The number of rotatable bonds is 7. The smallest absolute Gasteiger partial charge is 0.308 e. The molecule has 3 rings (SSSR count). The molecule has 1 saturated carbocycles. The van der Waals surface area contributed by atoms with Gasteiger partial charge in [-0.1, -0.05) is 6.92 Å². The first kappa shape index (κ1) is 18.0. The summed E-state index contributed by atoms with van der Waals surface area (Å²) >= 11 is 0. The molecule has 1 unspecified atom stereocenters. The lowest BCUT2D eigenvalue weighted by Gasteiger charge is -2.23. The Morgan fingerprint density at radius 1 is 1.35 bits per heavy atom. The van der Waals surface area contributed by atoms with Crippen LogP contribution in [0.2, 0.25) is 0 Å². The molecule has 7 heteroatoms. The number of carboxylic acids is 1. The predicted molar refractivity (Wildman–Crippen MR) is 95.7 cm³/mol. The summed E-state index contributed by atoms with van der Waals surface area (Å²) in [5.74, 6) is -0.971. The van der Waals surface area contributed by atoms with Gasteiger partial charge in [-0.25, -0.2) is 4.68 Å². The minimum absolute atomic E-state index is 0.121. The van der Waals surface area contributed by atoms with Gasteiger partial charge in [0.2, 0.25) is 0 Å². The summed E-state index contributed by atoms with van der Waals surface area (Å²) in [5, 5.41) is 13.6. The number of hydrogen-bond acceptors (Lipinski definition) is 4. The summed E-state index contributed by atoms with van der Waals surface area (Å²) in [6.07, 6.45) is 1.83.